The molecule has 0 saturated heterocycles. The van der Waals surface area contributed by atoms with Crippen LogP contribution in [0, 0.1) is 5.82 Å². The molecule has 0 atom stereocenters. The average molecular weight is 295 g/mol. The number of nitrogens with two attached hydrogens (primary N) is 1. The lowest BCUT2D eigenvalue weighted by atomic mass is 10.3. The van der Waals surface area contributed by atoms with Crippen LogP contribution in [0.2, 0.25) is 5.02 Å². The zero-order valence-electron chi connectivity index (χ0n) is 9.89. The topological polar surface area (TPSA) is 102 Å². The molecule has 3 rings (SSSR count). The summed E-state index contributed by atoms with van der Waals surface area (Å²) in [7, 11) is 0. The highest BCUT2D eigenvalue weighted by molar-refractivity contribution is 6.30. The fraction of sp³-hybridized carbons (Fsp3) is 0. The standard InChI is InChI=1S/C11H8ClFN6O/c12-7-2-1-5(3-8(7)13)20-10-6-4-15-19-9(6)16-11(17-10)18-14/h1-4H,14H2,(H2,15,16,17,18,19). The first-order valence-electron chi connectivity index (χ1n) is 5.48. The number of aromatic nitrogens is 4. The highest BCUT2D eigenvalue weighted by Gasteiger charge is 2.12. The molecule has 0 aliphatic carbocycles. The fourth-order valence-corrected chi connectivity index (χ4v) is 1.72. The van der Waals surface area contributed by atoms with E-state index in [0.29, 0.717) is 11.0 Å². The number of anilines is 1. The monoisotopic (exact) mass is 294 g/mol. The van der Waals surface area contributed by atoms with Crippen LogP contribution in [0.5, 0.6) is 11.6 Å². The molecule has 0 spiro atoms. The van der Waals surface area contributed by atoms with Gasteiger partial charge >= 0.3 is 0 Å². The van der Waals surface area contributed by atoms with Crippen LogP contribution < -0.4 is 16.0 Å². The first-order valence-corrected chi connectivity index (χ1v) is 5.86. The Morgan fingerprint density at radius 2 is 2.20 bits per heavy atom. The Kier molecular flexibility index (Phi) is 3.09. The van der Waals surface area contributed by atoms with Gasteiger partial charge in [0.05, 0.1) is 11.2 Å². The Morgan fingerprint density at radius 3 is 2.95 bits per heavy atom. The van der Waals surface area contributed by atoms with Crippen LogP contribution in [0.1, 0.15) is 0 Å². The molecule has 0 fully saturated rings. The zero-order valence-corrected chi connectivity index (χ0v) is 10.6. The number of benzene rings is 1. The molecule has 102 valence electrons. The number of aromatic amines is 1. The van der Waals surface area contributed by atoms with E-state index in [-0.39, 0.29) is 22.6 Å². The molecule has 4 N–H and O–H groups in total. The van der Waals surface area contributed by atoms with Gasteiger partial charge in [-0.2, -0.15) is 15.1 Å². The van der Waals surface area contributed by atoms with E-state index in [0.717, 1.165) is 6.07 Å². The number of hydrazine groups is 1. The van der Waals surface area contributed by atoms with Crippen LogP contribution in [0.15, 0.2) is 24.4 Å². The first kappa shape index (κ1) is 12.6. The molecule has 2 aromatic heterocycles. The van der Waals surface area contributed by atoms with Crippen LogP contribution in [-0.2, 0) is 0 Å². The number of nitrogens with zero attached hydrogens (tertiary/aromatic N) is 3. The first-order chi connectivity index (χ1) is 9.67. The van der Waals surface area contributed by atoms with Gasteiger partial charge in [-0.3, -0.25) is 10.5 Å². The normalized spacial score (nSPS) is 10.8. The van der Waals surface area contributed by atoms with Gasteiger partial charge in [0, 0.05) is 6.07 Å². The molecule has 7 nitrogen and oxygen atoms in total. The summed E-state index contributed by atoms with van der Waals surface area (Å²) in [5.41, 5.74) is 2.75. The Morgan fingerprint density at radius 1 is 1.35 bits per heavy atom. The van der Waals surface area contributed by atoms with Gasteiger partial charge in [-0.05, 0) is 12.1 Å². The number of nitrogens with one attached hydrogen (secondary N) is 2. The van der Waals surface area contributed by atoms with Crippen molar-refractivity contribution in [2.24, 2.45) is 5.84 Å². The zero-order chi connectivity index (χ0) is 14.1. The lowest BCUT2D eigenvalue weighted by molar-refractivity contribution is 0.464. The van der Waals surface area contributed by atoms with Gasteiger partial charge < -0.3 is 4.74 Å². The molecule has 2 heterocycles. The summed E-state index contributed by atoms with van der Waals surface area (Å²) >= 11 is 5.61. The van der Waals surface area contributed by atoms with Gasteiger partial charge in [0.1, 0.15) is 17.0 Å². The van der Waals surface area contributed by atoms with Crippen LogP contribution >= 0.6 is 11.6 Å². The molecule has 0 amide bonds. The predicted octanol–water partition coefficient (Wildman–Crippen LogP) is 2.22. The van der Waals surface area contributed by atoms with Crippen molar-refractivity contribution in [1.82, 2.24) is 20.2 Å². The number of hydrogen-bond acceptors (Lipinski definition) is 6. The maximum Gasteiger partial charge on any atom is 0.242 e. The van der Waals surface area contributed by atoms with Crippen LogP contribution in [-0.4, -0.2) is 20.2 Å². The third-order valence-corrected chi connectivity index (χ3v) is 2.82. The molecule has 0 unspecified atom stereocenters. The third kappa shape index (κ3) is 2.22. The molecular weight excluding hydrogens is 287 g/mol. The minimum atomic E-state index is -0.584. The molecule has 0 bridgehead atoms. The molecule has 1 aromatic carbocycles. The van der Waals surface area contributed by atoms with Gasteiger partial charge in [0.15, 0.2) is 5.65 Å². The molecule has 0 aliphatic heterocycles. The van der Waals surface area contributed by atoms with E-state index < -0.39 is 5.82 Å². The Balaban J connectivity index is 2.04. The summed E-state index contributed by atoms with van der Waals surface area (Å²) in [6, 6.07) is 4.07. The molecule has 3 aromatic rings. The lowest BCUT2D eigenvalue weighted by Gasteiger charge is -2.07. The number of ether oxygens (including phenoxy) is 1. The van der Waals surface area contributed by atoms with Crippen molar-refractivity contribution in [3.8, 4) is 11.6 Å². The van der Waals surface area contributed by atoms with E-state index in [1.54, 1.807) is 0 Å². The Bertz CT molecular complexity index is 777. The smallest absolute Gasteiger partial charge is 0.242 e. The van der Waals surface area contributed by atoms with E-state index in [9.17, 15) is 4.39 Å². The fourth-order valence-electron chi connectivity index (χ4n) is 1.60. The highest BCUT2D eigenvalue weighted by atomic mass is 35.5. The van der Waals surface area contributed by atoms with Crippen LogP contribution in [0.25, 0.3) is 11.0 Å². The molecule has 0 radical (unpaired) electrons. The Labute approximate surface area is 116 Å². The van der Waals surface area contributed by atoms with Gasteiger partial charge in [-0.15, -0.1) is 0 Å². The van der Waals surface area contributed by atoms with Crippen LogP contribution in [0.3, 0.4) is 0 Å². The van der Waals surface area contributed by atoms with Crippen LogP contribution in [0.4, 0.5) is 10.3 Å². The summed E-state index contributed by atoms with van der Waals surface area (Å²) < 4.78 is 18.9. The van der Waals surface area contributed by atoms with Gasteiger partial charge in [0.2, 0.25) is 11.8 Å². The number of rotatable bonds is 3. The highest BCUT2D eigenvalue weighted by Crippen LogP contribution is 2.29. The number of fused-ring (bicyclic) bond motifs is 1. The minimum Gasteiger partial charge on any atom is -0.438 e. The number of nitrogen functional groups attached to an aromatic ring is 1. The van der Waals surface area contributed by atoms with Gasteiger partial charge in [-0.1, -0.05) is 11.6 Å². The molecular formula is C11H8ClFN6O. The number of halogens is 2. The molecule has 0 saturated carbocycles. The van der Waals surface area contributed by atoms with Crippen molar-refractivity contribution >= 4 is 28.6 Å². The summed E-state index contributed by atoms with van der Waals surface area (Å²) in [5.74, 6) is 5.27. The summed E-state index contributed by atoms with van der Waals surface area (Å²) in [4.78, 5) is 8.10. The maximum absolute atomic E-state index is 13.4. The predicted molar refractivity (Wildman–Crippen MR) is 71.0 cm³/mol. The SMILES string of the molecule is NNc1nc(Oc2ccc(Cl)c(F)c2)c2cn[nH]c2n1. The second kappa shape index (κ2) is 4.91. The average Bonchev–Trinajstić information content (AvgIpc) is 2.91. The van der Waals surface area contributed by atoms with Crippen molar-refractivity contribution in [3.63, 3.8) is 0 Å². The molecule has 0 aliphatic rings. The lowest BCUT2D eigenvalue weighted by Crippen LogP contribution is -2.10. The second-order valence-corrected chi connectivity index (χ2v) is 4.21. The van der Waals surface area contributed by atoms with E-state index in [1.165, 1.54) is 18.3 Å². The number of hydrogen-bond donors (Lipinski definition) is 3. The van der Waals surface area contributed by atoms with E-state index in [4.69, 9.17) is 22.2 Å². The third-order valence-electron chi connectivity index (χ3n) is 2.51. The maximum atomic E-state index is 13.4. The molecule has 20 heavy (non-hydrogen) atoms. The Hall–Kier alpha value is -2.45. The largest absolute Gasteiger partial charge is 0.438 e. The summed E-state index contributed by atoms with van der Waals surface area (Å²) in [6.45, 7) is 0. The second-order valence-electron chi connectivity index (χ2n) is 3.81. The van der Waals surface area contributed by atoms with Crippen molar-refractivity contribution in [2.45, 2.75) is 0 Å². The number of H-pyrrole nitrogens is 1. The quantitative estimate of drug-likeness (QED) is 0.506. The van der Waals surface area contributed by atoms with Crippen molar-refractivity contribution < 1.29 is 9.13 Å². The van der Waals surface area contributed by atoms with Gasteiger partial charge in [-0.25, -0.2) is 10.2 Å². The summed E-state index contributed by atoms with van der Waals surface area (Å²) in [6.07, 6.45) is 1.50. The van der Waals surface area contributed by atoms with Gasteiger partial charge in [0.25, 0.3) is 0 Å². The van der Waals surface area contributed by atoms with Crippen molar-refractivity contribution in [2.75, 3.05) is 5.43 Å². The van der Waals surface area contributed by atoms with E-state index in [2.05, 4.69) is 25.6 Å². The van der Waals surface area contributed by atoms with E-state index >= 15 is 0 Å². The minimum absolute atomic E-state index is 0.0119. The summed E-state index contributed by atoms with van der Waals surface area (Å²) in [5, 5.41) is 7.06. The van der Waals surface area contributed by atoms with E-state index in [1.807, 2.05) is 0 Å². The molecule has 9 heteroatoms. The van der Waals surface area contributed by atoms with Crippen molar-refractivity contribution in [1.29, 1.82) is 0 Å². The van der Waals surface area contributed by atoms with Crippen molar-refractivity contribution in [3.05, 3.63) is 35.2 Å².